The largest absolute Gasteiger partial charge is 0.497 e. The maximum Gasteiger partial charge on any atom is 0.355 e. The fourth-order valence-electron chi connectivity index (χ4n) is 1.84. The van der Waals surface area contributed by atoms with E-state index < -0.39 is 6.03 Å². The number of carbonyl (C=O) groups is 1. The van der Waals surface area contributed by atoms with Gasteiger partial charge in [0.25, 0.3) is 0 Å². The first-order chi connectivity index (χ1) is 12.5. The lowest BCUT2D eigenvalue weighted by atomic mass is 10.2. The Labute approximate surface area is 167 Å². The van der Waals surface area contributed by atoms with Gasteiger partial charge in [-0.1, -0.05) is 31.9 Å². The second-order valence-electron chi connectivity index (χ2n) is 4.84. The van der Waals surface area contributed by atoms with Gasteiger partial charge in [0.2, 0.25) is 0 Å². The first kappa shape index (κ1) is 19.9. The van der Waals surface area contributed by atoms with Crippen molar-refractivity contribution in [3.8, 4) is 11.5 Å². The number of methoxy groups -OCH3 is 2. The van der Waals surface area contributed by atoms with Crippen LogP contribution in [0.1, 0.15) is 11.1 Å². The number of nitrogens with one attached hydrogen (secondary N) is 2. The minimum absolute atomic E-state index is 0.574. The molecule has 2 aromatic rings. The lowest BCUT2D eigenvalue weighted by Crippen LogP contribution is -2.28. The van der Waals surface area contributed by atoms with Crippen LogP contribution in [0.5, 0.6) is 11.5 Å². The van der Waals surface area contributed by atoms with Gasteiger partial charge >= 0.3 is 6.03 Å². The van der Waals surface area contributed by atoms with Gasteiger partial charge in [-0.05, 0) is 36.4 Å². The van der Waals surface area contributed by atoms with Crippen molar-refractivity contribution in [1.82, 2.24) is 10.9 Å². The van der Waals surface area contributed by atoms with Crippen molar-refractivity contribution in [3.05, 3.63) is 56.5 Å². The number of urea groups is 1. The van der Waals surface area contributed by atoms with E-state index in [1.165, 1.54) is 12.4 Å². The van der Waals surface area contributed by atoms with Crippen LogP contribution in [0.2, 0.25) is 0 Å². The van der Waals surface area contributed by atoms with Crippen LogP contribution in [0, 0.1) is 0 Å². The first-order valence-electron chi connectivity index (χ1n) is 7.32. The summed E-state index contributed by atoms with van der Waals surface area (Å²) in [7, 11) is 3.16. The van der Waals surface area contributed by atoms with E-state index in [1.54, 1.807) is 26.4 Å². The van der Waals surface area contributed by atoms with Crippen LogP contribution in [-0.4, -0.2) is 32.7 Å². The molecular formula is C17H16Br2N4O3. The van der Waals surface area contributed by atoms with E-state index in [0.717, 1.165) is 20.1 Å². The molecule has 0 radical (unpaired) electrons. The Bertz CT molecular complexity index is 773. The van der Waals surface area contributed by atoms with Gasteiger partial charge in [0.05, 0.1) is 26.6 Å². The summed E-state index contributed by atoms with van der Waals surface area (Å²) in [6.07, 6.45) is 2.99. The number of hydrogen-bond donors (Lipinski definition) is 2. The third kappa shape index (κ3) is 5.85. The molecule has 0 aliphatic carbocycles. The molecule has 0 spiro atoms. The topological polar surface area (TPSA) is 84.3 Å². The van der Waals surface area contributed by atoms with Gasteiger partial charge < -0.3 is 9.47 Å². The summed E-state index contributed by atoms with van der Waals surface area (Å²) in [6, 6.07) is 10.3. The molecule has 0 unspecified atom stereocenters. The molecule has 2 N–H and O–H groups in total. The molecule has 0 saturated heterocycles. The number of nitrogens with zero attached hydrogens (tertiary/aromatic N) is 2. The van der Waals surface area contributed by atoms with Crippen molar-refractivity contribution in [2.75, 3.05) is 14.2 Å². The van der Waals surface area contributed by atoms with E-state index in [2.05, 4.69) is 52.9 Å². The van der Waals surface area contributed by atoms with E-state index >= 15 is 0 Å². The van der Waals surface area contributed by atoms with Gasteiger partial charge in [-0.2, -0.15) is 10.2 Å². The molecule has 0 atom stereocenters. The highest BCUT2D eigenvalue weighted by atomic mass is 79.9. The van der Waals surface area contributed by atoms with Crippen molar-refractivity contribution in [2.45, 2.75) is 0 Å². The molecule has 9 heteroatoms. The van der Waals surface area contributed by atoms with Gasteiger partial charge in [-0.3, -0.25) is 0 Å². The van der Waals surface area contributed by atoms with E-state index in [-0.39, 0.29) is 0 Å². The molecule has 136 valence electrons. The zero-order valence-electron chi connectivity index (χ0n) is 14.0. The minimum atomic E-state index is -0.574. The SMILES string of the molecule is COc1ccc(Br)c(C=NNC(=O)NN=Cc2cc(OC)ccc2Br)c1. The summed E-state index contributed by atoms with van der Waals surface area (Å²) in [6.45, 7) is 0. The van der Waals surface area contributed by atoms with Crippen LogP contribution in [-0.2, 0) is 0 Å². The molecule has 0 saturated carbocycles. The fourth-order valence-corrected chi connectivity index (χ4v) is 2.54. The zero-order chi connectivity index (χ0) is 18.9. The number of amides is 2. The number of hydrogen-bond acceptors (Lipinski definition) is 5. The van der Waals surface area contributed by atoms with Crippen LogP contribution < -0.4 is 20.3 Å². The summed E-state index contributed by atoms with van der Waals surface area (Å²) in [4.78, 5) is 11.7. The lowest BCUT2D eigenvalue weighted by molar-refractivity contribution is 0.242. The van der Waals surface area contributed by atoms with Crippen LogP contribution >= 0.6 is 31.9 Å². The Morgan fingerprint density at radius 2 is 1.31 bits per heavy atom. The molecule has 2 amide bonds. The maximum atomic E-state index is 11.7. The highest BCUT2D eigenvalue weighted by Crippen LogP contribution is 2.21. The predicted octanol–water partition coefficient (Wildman–Crippen LogP) is 3.90. The molecule has 0 aliphatic heterocycles. The predicted molar refractivity (Wildman–Crippen MR) is 108 cm³/mol. The van der Waals surface area contributed by atoms with Crippen molar-refractivity contribution < 1.29 is 14.3 Å². The summed E-state index contributed by atoms with van der Waals surface area (Å²) in [5.74, 6) is 1.38. The standard InChI is InChI=1S/C17H16Br2N4O3/c1-25-13-3-5-15(18)11(7-13)9-20-22-17(24)23-21-10-12-8-14(26-2)4-6-16(12)19/h3-10H,1-2H3,(H2,22,23,24). The van der Waals surface area contributed by atoms with E-state index in [1.807, 2.05) is 24.3 Å². The Morgan fingerprint density at radius 1 is 0.885 bits per heavy atom. The van der Waals surface area contributed by atoms with E-state index in [9.17, 15) is 4.79 Å². The Balaban J connectivity index is 1.91. The van der Waals surface area contributed by atoms with Crippen LogP contribution in [0.3, 0.4) is 0 Å². The summed E-state index contributed by atoms with van der Waals surface area (Å²) in [5.41, 5.74) is 6.17. The first-order valence-corrected chi connectivity index (χ1v) is 8.91. The monoisotopic (exact) mass is 482 g/mol. The molecule has 2 aromatic carbocycles. The smallest absolute Gasteiger partial charge is 0.355 e. The van der Waals surface area contributed by atoms with Crippen LogP contribution in [0.25, 0.3) is 0 Å². The average Bonchev–Trinajstić information content (AvgIpc) is 2.64. The van der Waals surface area contributed by atoms with Gasteiger partial charge in [-0.25, -0.2) is 15.6 Å². The molecule has 0 fully saturated rings. The Kier molecular flexibility index (Phi) is 7.61. The number of hydrazone groups is 2. The Morgan fingerprint density at radius 3 is 1.69 bits per heavy atom. The number of halogens is 2. The third-order valence-electron chi connectivity index (χ3n) is 3.15. The average molecular weight is 484 g/mol. The van der Waals surface area contributed by atoms with E-state index in [4.69, 9.17) is 9.47 Å². The fraction of sp³-hybridized carbons (Fsp3) is 0.118. The number of benzene rings is 2. The van der Waals surface area contributed by atoms with Gasteiger partial charge in [0, 0.05) is 20.1 Å². The molecule has 0 bridgehead atoms. The molecule has 0 heterocycles. The molecule has 7 nitrogen and oxygen atoms in total. The van der Waals surface area contributed by atoms with Crippen LogP contribution in [0.15, 0.2) is 55.5 Å². The summed E-state index contributed by atoms with van der Waals surface area (Å²) in [5, 5.41) is 7.75. The summed E-state index contributed by atoms with van der Waals surface area (Å²) >= 11 is 6.80. The molecule has 0 aromatic heterocycles. The van der Waals surface area contributed by atoms with Crippen LogP contribution in [0.4, 0.5) is 4.79 Å². The number of ether oxygens (including phenoxy) is 2. The lowest BCUT2D eigenvalue weighted by Gasteiger charge is -2.04. The minimum Gasteiger partial charge on any atom is -0.497 e. The van der Waals surface area contributed by atoms with Crippen molar-refractivity contribution in [3.63, 3.8) is 0 Å². The van der Waals surface area contributed by atoms with E-state index in [0.29, 0.717) is 11.5 Å². The van der Waals surface area contributed by atoms with Crippen molar-refractivity contribution in [2.24, 2.45) is 10.2 Å². The van der Waals surface area contributed by atoms with Gasteiger partial charge in [0.1, 0.15) is 11.5 Å². The normalized spacial score (nSPS) is 10.9. The summed E-state index contributed by atoms with van der Waals surface area (Å²) < 4.78 is 11.9. The van der Waals surface area contributed by atoms with Gasteiger partial charge in [-0.15, -0.1) is 0 Å². The molecule has 0 aliphatic rings. The van der Waals surface area contributed by atoms with Gasteiger partial charge in [0.15, 0.2) is 0 Å². The number of carbonyl (C=O) groups excluding carboxylic acids is 1. The second-order valence-corrected chi connectivity index (χ2v) is 6.55. The zero-order valence-corrected chi connectivity index (χ0v) is 17.2. The number of rotatable bonds is 6. The van der Waals surface area contributed by atoms with Crippen molar-refractivity contribution >= 4 is 50.3 Å². The highest BCUT2D eigenvalue weighted by molar-refractivity contribution is 9.10. The molecule has 2 rings (SSSR count). The third-order valence-corrected chi connectivity index (χ3v) is 4.59. The maximum absolute atomic E-state index is 11.7. The second kappa shape index (κ2) is 9.93. The quantitative estimate of drug-likeness (QED) is 0.482. The Hall–Kier alpha value is -2.39. The molecule has 26 heavy (non-hydrogen) atoms. The highest BCUT2D eigenvalue weighted by Gasteiger charge is 2.02. The molecular weight excluding hydrogens is 468 g/mol. The van der Waals surface area contributed by atoms with Crippen molar-refractivity contribution in [1.29, 1.82) is 0 Å².